The lowest BCUT2D eigenvalue weighted by molar-refractivity contribution is 0.0706. The fourth-order valence-electron chi connectivity index (χ4n) is 2.99. The van der Waals surface area contributed by atoms with Crippen molar-refractivity contribution in [2.75, 3.05) is 6.54 Å². The quantitative estimate of drug-likeness (QED) is 0.732. The zero-order chi connectivity index (χ0) is 16.5. The molecule has 1 aliphatic heterocycles. The molecule has 24 heavy (non-hydrogen) atoms. The minimum atomic E-state index is 0.0348. The van der Waals surface area contributed by atoms with E-state index >= 15 is 0 Å². The Kier molecular flexibility index (Phi) is 3.60. The molecule has 1 aliphatic rings. The smallest absolute Gasteiger partial charge is 0.254 e. The van der Waals surface area contributed by atoms with Gasteiger partial charge in [-0.25, -0.2) is 0 Å². The third-order valence-corrected chi connectivity index (χ3v) is 4.33. The van der Waals surface area contributed by atoms with Crippen LogP contribution in [-0.2, 0) is 19.6 Å². The van der Waals surface area contributed by atoms with Gasteiger partial charge >= 0.3 is 0 Å². The third-order valence-electron chi connectivity index (χ3n) is 4.33. The van der Waals surface area contributed by atoms with E-state index in [0.29, 0.717) is 25.2 Å². The SMILES string of the molecule is Cc1nnc2n1CCN(C(=O)c1ccc(Cn3cccn3)cc1)C2. The van der Waals surface area contributed by atoms with Gasteiger partial charge in [0.2, 0.25) is 0 Å². The van der Waals surface area contributed by atoms with Gasteiger partial charge in [0.05, 0.1) is 13.1 Å². The monoisotopic (exact) mass is 322 g/mol. The highest BCUT2D eigenvalue weighted by atomic mass is 16.2. The second-order valence-corrected chi connectivity index (χ2v) is 5.94. The molecule has 0 atom stereocenters. The second-order valence-electron chi connectivity index (χ2n) is 5.94. The number of fused-ring (bicyclic) bond motifs is 1. The number of aryl methyl sites for hydroxylation is 1. The number of hydrogen-bond donors (Lipinski definition) is 0. The Morgan fingerprint density at radius 3 is 2.75 bits per heavy atom. The van der Waals surface area contributed by atoms with Crippen LogP contribution in [0, 0.1) is 6.92 Å². The number of nitrogens with zero attached hydrogens (tertiary/aromatic N) is 6. The molecular weight excluding hydrogens is 304 g/mol. The normalized spacial score (nSPS) is 13.8. The van der Waals surface area contributed by atoms with Crippen LogP contribution in [-0.4, -0.2) is 41.9 Å². The molecular formula is C17H18N6O. The number of amides is 1. The Hall–Kier alpha value is -2.96. The highest BCUT2D eigenvalue weighted by Gasteiger charge is 2.24. The highest BCUT2D eigenvalue weighted by Crippen LogP contribution is 2.16. The van der Waals surface area contributed by atoms with Gasteiger partial charge in [0, 0.05) is 31.0 Å². The van der Waals surface area contributed by atoms with Gasteiger partial charge in [-0.05, 0) is 30.7 Å². The molecule has 2 aromatic heterocycles. The number of aromatic nitrogens is 5. The second kappa shape index (κ2) is 5.92. The van der Waals surface area contributed by atoms with E-state index in [1.165, 1.54) is 0 Å². The van der Waals surface area contributed by atoms with Gasteiger partial charge in [-0.15, -0.1) is 10.2 Å². The molecule has 0 spiro atoms. The lowest BCUT2D eigenvalue weighted by Crippen LogP contribution is -2.38. The molecule has 4 rings (SSSR count). The van der Waals surface area contributed by atoms with E-state index < -0.39 is 0 Å². The first kappa shape index (κ1) is 14.6. The van der Waals surface area contributed by atoms with E-state index in [9.17, 15) is 4.79 Å². The number of benzene rings is 1. The van der Waals surface area contributed by atoms with E-state index in [2.05, 4.69) is 19.9 Å². The topological polar surface area (TPSA) is 68.8 Å². The van der Waals surface area contributed by atoms with Gasteiger partial charge in [0.1, 0.15) is 5.82 Å². The van der Waals surface area contributed by atoms with Crippen molar-refractivity contribution in [2.45, 2.75) is 26.6 Å². The summed E-state index contributed by atoms with van der Waals surface area (Å²) in [6.45, 7) is 4.58. The first-order chi connectivity index (χ1) is 11.7. The average molecular weight is 322 g/mol. The Morgan fingerprint density at radius 1 is 1.17 bits per heavy atom. The van der Waals surface area contributed by atoms with Crippen molar-refractivity contribution < 1.29 is 4.79 Å². The summed E-state index contributed by atoms with van der Waals surface area (Å²) in [5, 5.41) is 12.4. The summed E-state index contributed by atoms with van der Waals surface area (Å²) in [4.78, 5) is 14.5. The van der Waals surface area contributed by atoms with Crippen LogP contribution in [0.5, 0.6) is 0 Å². The largest absolute Gasteiger partial charge is 0.329 e. The van der Waals surface area contributed by atoms with Crippen LogP contribution in [0.3, 0.4) is 0 Å². The molecule has 1 aromatic carbocycles. The summed E-state index contributed by atoms with van der Waals surface area (Å²) in [5.41, 5.74) is 1.81. The molecule has 0 N–H and O–H groups in total. The lowest BCUT2D eigenvalue weighted by Gasteiger charge is -2.27. The van der Waals surface area contributed by atoms with Gasteiger partial charge < -0.3 is 9.47 Å². The number of carbonyl (C=O) groups excluding carboxylic acids is 1. The van der Waals surface area contributed by atoms with Crippen LogP contribution < -0.4 is 0 Å². The Bertz CT molecular complexity index is 850. The number of hydrogen-bond acceptors (Lipinski definition) is 4. The summed E-state index contributed by atoms with van der Waals surface area (Å²) in [7, 11) is 0. The fourth-order valence-corrected chi connectivity index (χ4v) is 2.99. The van der Waals surface area contributed by atoms with Crippen LogP contribution in [0.4, 0.5) is 0 Å². The van der Waals surface area contributed by atoms with Crippen LogP contribution in [0.1, 0.15) is 27.6 Å². The van der Waals surface area contributed by atoms with Crippen molar-refractivity contribution in [1.29, 1.82) is 0 Å². The molecule has 0 bridgehead atoms. The van der Waals surface area contributed by atoms with Crippen molar-refractivity contribution in [1.82, 2.24) is 29.4 Å². The molecule has 3 heterocycles. The van der Waals surface area contributed by atoms with Crippen molar-refractivity contribution in [2.24, 2.45) is 0 Å². The van der Waals surface area contributed by atoms with Crippen LogP contribution in [0.15, 0.2) is 42.7 Å². The molecule has 0 saturated heterocycles. The molecule has 1 amide bonds. The van der Waals surface area contributed by atoms with E-state index in [1.807, 2.05) is 53.0 Å². The predicted octanol–water partition coefficient (Wildman–Crippen LogP) is 1.49. The van der Waals surface area contributed by atoms with Crippen molar-refractivity contribution in [3.8, 4) is 0 Å². The first-order valence-corrected chi connectivity index (χ1v) is 7.95. The summed E-state index contributed by atoms with van der Waals surface area (Å²) < 4.78 is 3.92. The summed E-state index contributed by atoms with van der Waals surface area (Å²) >= 11 is 0. The third kappa shape index (κ3) is 2.68. The molecule has 0 radical (unpaired) electrons. The first-order valence-electron chi connectivity index (χ1n) is 7.95. The average Bonchev–Trinajstić information content (AvgIpc) is 3.25. The molecule has 122 valence electrons. The van der Waals surface area contributed by atoms with E-state index in [4.69, 9.17) is 0 Å². The minimum absolute atomic E-state index is 0.0348. The highest BCUT2D eigenvalue weighted by molar-refractivity contribution is 5.94. The number of carbonyl (C=O) groups is 1. The standard InChI is InChI=1S/C17H18N6O/c1-13-19-20-16-12-21(9-10-23(13)16)17(24)15-5-3-14(4-6-15)11-22-8-2-7-18-22/h2-8H,9-12H2,1H3. The van der Waals surface area contributed by atoms with E-state index in [-0.39, 0.29) is 5.91 Å². The van der Waals surface area contributed by atoms with Gasteiger partial charge in [-0.3, -0.25) is 9.48 Å². The maximum absolute atomic E-state index is 12.7. The van der Waals surface area contributed by atoms with E-state index in [1.54, 1.807) is 6.20 Å². The molecule has 0 saturated carbocycles. The molecule has 0 aliphatic carbocycles. The van der Waals surface area contributed by atoms with Crippen molar-refractivity contribution >= 4 is 5.91 Å². The minimum Gasteiger partial charge on any atom is -0.329 e. The summed E-state index contributed by atoms with van der Waals surface area (Å²) in [5.74, 6) is 1.79. The van der Waals surface area contributed by atoms with Gasteiger partial charge in [-0.2, -0.15) is 5.10 Å². The van der Waals surface area contributed by atoms with E-state index in [0.717, 1.165) is 23.8 Å². The molecule has 0 unspecified atom stereocenters. The van der Waals surface area contributed by atoms with Crippen LogP contribution >= 0.6 is 0 Å². The molecule has 7 heteroatoms. The maximum atomic E-state index is 12.7. The van der Waals surface area contributed by atoms with Gasteiger partial charge in [-0.1, -0.05) is 12.1 Å². The molecule has 7 nitrogen and oxygen atoms in total. The lowest BCUT2D eigenvalue weighted by atomic mass is 10.1. The fraction of sp³-hybridized carbons (Fsp3) is 0.294. The van der Waals surface area contributed by atoms with Crippen LogP contribution in [0.2, 0.25) is 0 Å². The van der Waals surface area contributed by atoms with Crippen molar-refractivity contribution in [3.63, 3.8) is 0 Å². The summed E-state index contributed by atoms with van der Waals surface area (Å²) in [6, 6.07) is 9.61. The molecule has 0 fully saturated rings. The zero-order valence-corrected chi connectivity index (χ0v) is 13.5. The Labute approximate surface area is 139 Å². The predicted molar refractivity (Wildman–Crippen MR) is 87.3 cm³/mol. The van der Waals surface area contributed by atoms with Crippen LogP contribution in [0.25, 0.3) is 0 Å². The zero-order valence-electron chi connectivity index (χ0n) is 13.5. The van der Waals surface area contributed by atoms with Gasteiger partial charge in [0.15, 0.2) is 5.82 Å². The Morgan fingerprint density at radius 2 is 2.00 bits per heavy atom. The Balaban J connectivity index is 1.47. The maximum Gasteiger partial charge on any atom is 0.254 e. The van der Waals surface area contributed by atoms with Gasteiger partial charge in [0.25, 0.3) is 5.91 Å². The summed E-state index contributed by atoms with van der Waals surface area (Å²) in [6.07, 6.45) is 3.68. The molecule has 3 aromatic rings. The number of rotatable bonds is 3. The van der Waals surface area contributed by atoms with Crippen molar-refractivity contribution in [3.05, 3.63) is 65.5 Å².